The number of aromatic carboxylic acids is 1. The molecule has 0 radical (unpaired) electrons. The van der Waals surface area contributed by atoms with Crippen LogP contribution in [0.1, 0.15) is 10.4 Å². The van der Waals surface area contributed by atoms with Crippen molar-refractivity contribution in [3.8, 4) is 22.6 Å². The Morgan fingerprint density at radius 3 is 2.74 bits per heavy atom. The monoisotopic (exact) mass is 331 g/mol. The van der Waals surface area contributed by atoms with E-state index in [0.717, 1.165) is 16.7 Å². The van der Waals surface area contributed by atoms with Crippen LogP contribution in [-0.4, -0.2) is 15.5 Å². The van der Waals surface area contributed by atoms with Crippen LogP contribution >= 0.6 is 11.6 Å². The highest BCUT2D eigenvalue weighted by atomic mass is 35.5. The van der Waals surface area contributed by atoms with Crippen molar-refractivity contribution < 1.29 is 19.0 Å². The third-order valence-electron chi connectivity index (χ3n) is 3.71. The molecule has 114 valence electrons. The number of halogens is 2. The number of carboxylic acid groups (broad SMARTS) is 1. The second-order valence-corrected chi connectivity index (χ2v) is 5.39. The molecule has 3 aromatic rings. The first kappa shape index (κ1) is 13.8. The zero-order valence-corrected chi connectivity index (χ0v) is 12.1. The van der Waals surface area contributed by atoms with E-state index >= 15 is 0 Å². The summed E-state index contributed by atoms with van der Waals surface area (Å²) in [6.45, 7) is 0. The van der Waals surface area contributed by atoms with Gasteiger partial charge in [-0.05, 0) is 6.07 Å². The maximum atomic E-state index is 14.2. The van der Waals surface area contributed by atoms with Crippen molar-refractivity contribution in [2.24, 2.45) is 0 Å². The van der Waals surface area contributed by atoms with Crippen LogP contribution in [0.3, 0.4) is 0 Å². The van der Waals surface area contributed by atoms with Gasteiger partial charge >= 0.3 is 5.97 Å². The summed E-state index contributed by atoms with van der Waals surface area (Å²) in [7, 11) is 0. The maximum absolute atomic E-state index is 14.2. The zero-order chi connectivity index (χ0) is 16.3. The Kier molecular flexibility index (Phi) is 2.74. The molecular weight excluding hydrogens is 325 g/mol. The lowest BCUT2D eigenvalue weighted by Crippen LogP contribution is -2.23. The minimum absolute atomic E-state index is 0.137. The molecule has 23 heavy (non-hydrogen) atoms. The van der Waals surface area contributed by atoms with Gasteiger partial charge in [-0.1, -0.05) is 29.8 Å². The molecular formula is C16H7ClFNO4. The highest BCUT2D eigenvalue weighted by Gasteiger charge is 2.27. The second-order valence-electron chi connectivity index (χ2n) is 5.02. The molecule has 5 nitrogen and oxygen atoms in total. The van der Waals surface area contributed by atoms with E-state index in [1.54, 1.807) is 24.3 Å². The van der Waals surface area contributed by atoms with Gasteiger partial charge in [-0.2, -0.15) is 0 Å². The number of rotatable bonds is 1. The van der Waals surface area contributed by atoms with Crippen molar-refractivity contribution in [2.45, 2.75) is 0 Å². The number of para-hydroxylation sites is 1. The molecule has 7 heteroatoms. The fourth-order valence-electron chi connectivity index (χ4n) is 2.73. The van der Waals surface area contributed by atoms with Crippen molar-refractivity contribution in [1.82, 2.24) is 4.40 Å². The average molecular weight is 332 g/mol. The van der Waals surface area contributed by atoms with Crippen molar-refractivity contribution in [3.05, 3.63) is 63.3 Å². The Balaban J connectivity index is 2.28. The lowest BCUT2D eigenvalue weighted by molar-refractivity contribution is 0.0694. The molecule has 0 amide bonds. The molecule has 0 saturated heterocycles. The number of nitrogens with zero attached hydrogens (tertiary/aromatic N) is 1. The largest absolute Gasteiger partial charge is 0.477 e. The van der Waals surface area contributed by atoms with Gasteiger partial charge in [-0.15, -0.1) is 0 Å². The van der Waals surface area contributed by atoms with Gasteiger partial charge < -0.3 is 9.84 Å². The molecule has 1 aliphatic heterocycles. The summed E-state index contributed by atoms with van der Waals surface area (Å²) in [6, 6.07) is 7.93. The molecule has 0 saturated carbocycles. The van der Waals surface area contributed by atoms with Gasteiger partial charge in [0.25, 0.3) is 5.56 Å². The molecule has 2 aromatic heterocycles. The number of hydrogen-bond acceptors (Lipinski definition) is 3. The van der Waals surface area contributed by atoms with Gasteiger partial charge in [-0.25, -0.2) is 9.18 Å². The fourth-order valence-corrected chi connectivity index (χ4v) is 2.97. The summed E-state index contributed by atoms with van der Waals surface area (Å²) in [4.78, 5) is 23.6. The maximum Gasteiger partial charge on any atom is 0.341 e. The number of carboxylic acids is 1. The fraction of sp³-hybridized carbons (Fsp3) is 0. The second kappa shape index (κ2) is 4.57. The van der Waals surface area contributed by atoms with Crippen molar-refractivity contribution >= 4 is 23.1 Å². The summed E-state index contributed by atoms with van der Waals surface area (Å²) in [5.41, 5.74) is -0.285. The SMILES string of the molecule is O=C(O)c1cc2c3c(c(Cl)c(F)cn3c1=O)-c1ccccc1O2. The molecule has 0 spiro atoms. The highest BCUT2D eigenvalue weighted by Crippen LogP contribution is 2.47. The molecule has 3 heterocycles. The van der Waals surface area contributed by atoms with Crippen LogP contribution in [-0.2, 0) is 0 Å². The summed E-state index contributed by atoms with van der Waals surface area (Å²) in [5.74, 6) is -1.69. The minimum Gasteiger partial charge on any atom is -0.477 e. The van der Waals surface area contributed by atoms with E-state index in [9.17, 15) is 14.0 Å². The van der Waals surface area contributed by atoms with Crippen molar-refractivity contribution in [3.63, 3.8) is 0 Å². The Bertz CT molecular complexity index is 1070. The first-order valence-corrected chi connectivity index (χ1v) is 6.94. The van der Waals surface area contributed by atoms with Crippen LogP contribution in [0.4, 0.5) is 4.39 Å². The molecule has 0 aliphatic carbocycles. The number of benzene rings is 1. The van der Waals surface area contributed by atoms with E-state index in [-0.39, 0.29) is 16.3 Å². The number of ether oxygens (including phenoxy) is 1. The van der Waals surface area contributed by atoms with Gasteiger partial charge in [-0.3, -0.25) is 9.20 Å². The number of aromatic nitrogens is 1. The molecule has 0 fully saturated rings. The number of pyridine rings is 2. The van der Waals surface area contributed by atoms with E-state index in [0.29, 0.717) is 16.9 Å². The Morgan fingerprint density at radius 1 is 1.26 bits per heavy atom. The van der Waals surface area contributed by atoms with E-state index < -0.39 is 22.9 Å². The van der Waals surface area contributed by atoms with E-state index in [1.165, 1.54) is 0 Å². The first-order chi connectivity index (χ1) is 11.0. The molecule has 1 aromatic carbocycles. The molecule has 1 N–H and O–H groups in total. The quantitative estimate of drug-likeness (QED) is 0.579. The standard InChI is InChI=1S/C16H7ClFNO4/c17-13-9(18)6-19-14-11(5-8(15(19)20)16(21)22)23-10-4-2-1-3-7(10)12(13)14/h1-6H,(H,21,22). The molecule has 1 aliphatic rings. The van der Waals surface area contributed by atoms with E-state index in [4.69, 9.17) is 21.4 Å². The van der Waals surface area contributed by atoms with Crippen molar-refractivity contribution in [1.29, 1.82) is 0 Å². The van der Waals surface area contributed by atoms with Crippen LogP contribution in [0.15, 0.2) is 41.3 Å². The summed E-state index contributed by atoms with van der Waals surface area (Å²) in [5, 5.41) is 9.01. The van der Waals surface area contributed by atoms with Crippen LogP contribution < -0.4 is 10.3 Å². The lowest BCUT2D eigenvalue weighted by atomic mass is 10.00. The van der Waals surface area contributed by atoms with E-state index in [1.807, 2.05) is 0 Å². The highest BCUT2D eigenvalue weighted by molar-refractivity contribution is 6.34. The Labute approximate surface area is 133 Å². The predicted octanol–water partition coefficient (Wildman–Crippen LogP) is 3.56. The third-order valence-corrected chi connectivity index (χ3v) is 4.08. The molecule has 0 atom stereocenters. The molecule has 0 unspecified atom stereocenters. The minimum atomic E-state index is -1.42. The average Bonchev–Trinajstić information content (AvgIpc) is 2.53. The third kappa shape index (κ3) is 1.78. The number of hydrogen-bond donors (Lipinski definition) is 1. The molecule has 0 bridgehead atoms. The van der Waals surface area contributed by atoms with Gasteiger partial charge in [0, 0.05) is 17.2 Å². The summed E-state index contributed by atoms with van der Waals surface area (Å²) >= 11 is 6.10. The predicted molar refractivity (Wildman–Crippen MR) is 81.1 cm³/mol. The van der Waals surface area contributed by atoms with E-state index in [2.05, 4.69) is 0 Å². The Morgan fingerprint density at radius 2 is 2.00 bits per heavy atom. The van der Waals surface area contributed by atoms with Gasteiger partial charge in [0.1, 0.15) is 16.8 Å². The van der Waals surface area contributed by atoms with Crippen LogP contribution in [0, 0.1) is 5.82 Å². The van der Waals surface area contributed by atoms with Gasteiger partial charge in [0.15, 0.2) is 11.6 Å². The van der Waals surface area contributed by atoms with Crippen LogP contribution in [0.5, 0.6) is 11.5 Å². The number of fused-ring (bicyclic) bond motifs is 2. The van der Waals surface area contributed by atoms with Gasteiger partial charge in [0.05, 0.1) is 11.2 Å². The number of carbonyl (C=O) groups is 1. The normalized spacial score (nSPS) is 11.9. The van der Waals surface area contributed by atoms with Crippen LogP contribution in [0.25, 0.3) is 16.6 Å². The molecule has 4 rings (SSSR count). The zero-order valence-electron chi connectivity index (χ0n) is 11.3. The summed E-state index contributed by atoms with van der Waals surface area (Å²) < 4.78 is 20.8. The Hall–Kier alpha value is -2.86. The van der Waals surface area contributed by atoms with Crippen molar-refractivity contribution in [2.75, 3.05) is 0 Å². The van der Waals surface area contributed by atoms with Gasteiger partial charge in [0.2, 0.25) is 0 Å². The van der Waals surface area contributed by atoms with Crippen LogP contribution in [0.2, 0.25) is 5.02 Å². The lowest BCUT2D eigenvalue weighted by Gasteiger charge is -2.22. The smallest absolute Gasteiger partial charge is 0.341 e. The first-order valence-electron chi connectivity index (χ1n) is 6.57. The summed E-state index contributed by atoms with van der Waals surface area (Å²) in [6.07, 6.45) is 0.872. The topological polar surface area (TPSA) is 68.0 Å².